The number of para-hydroxylation sites is 1. The van der Waals surface area contributed by atoms with Crippen LogP contribution >= 0.6 is 0 Å². The van der Waals surface area contributed by atoms with Crippen molar-refractivity contribution in [3.8, 4) is 18.1 Å². The Morgan fingerprint density at radius 2 is 1.96 bits per heavy atom. The molecule has 0 bridgehead atoms. The average molecular weight is 305 g/mol. The van der Waals surface area contributed by atoms with E-state index >= 15 is 0 Å². The standard InChI is InChI=1S/C21H23NO/c1-5-20(22-6-2)17(4)19-12-9-11-18(14-19)15-23-21-13-8-7-10-16(21)3/h1,7-14,22H,6,15H2,2-4H3/b20-17+. The molecule has 0 amide bonds. The van der Waals surface area contributed by atoms with E-state index in [0.717, 1.165) is 40.3 Å². The third kappa shape index (κ3) is 4.40. The molecule has 0 atom stereocenters. The summed E-state index contributed by atoms with van der Waals surface area (Å²) in [6.07, 6.45) is 5.59. The SMILES string of the molecule is C#C/C(NCC)=C(/C)c1cccc(COc2ccccc2C)c1. The largest absolute Gasteiger partial charge is 0.489 e. The molecule has 0 aliphatic rings. The molecule has 2 aromatic carbocycles. The highest BCUT2D eigenvalue weighted by molar-refractivity contribution is 5.70. The zero-order chi connectivity index (χ0) is 16.7. The zero-order valence-electron chi connectivity index (χ0n) is 14.0. The maximum atomic E-state index is 5.92. The maximum absolute atomic E-state index is 5.92. The molecule has 0 aliphatic carbocycles. The molecule has 2 heteroatoms. The lowest BCUT2D eigenvalue weighted by Gasteiger charge is -2.12. The Bertz CT molecular complexity index is 738. The summed E-state index contributed by atoms with van der Waals surface area (Å²) >= 11 is 0. The Labute approximate surface area is 139 Å². The Kier molecular flexibility index (Phi) is 5.88. The second-order valence-corrected chi connectivity index (χ2v) is 5.43. The molecule has 118 valence electrons. The summed E-state index contributed by atoms with van der Waals surface area (Å²) in [5, 5.41) is 3.23. The molecule has 23 heavy (non-hydrogen) atoms. The van der Waals surface area contributed by atoms with Crippen molar-refractivity contribution in [1.29, 1.82) is 0 Å². The summed E-state index contributed by atoms with van der Waals surface area (Å²) in [5.74, 6) is 3.64. The molecule has 0 spiro atoms. The lowest BCUT2D eigenvalue weighted by molar-refractivity contribution is 0.304. The molecule has 0 heterocycles. The lowest BCUT2D eigenvalue weighted by Crippen LogP contribution is -2.12. The van der Waals surface area contributed by atoms with Gasteiger partial charge < -0.3 is 10.1 Å². The van der Waals surface area contributed by atoms with E-state index in [1.807, 2.05) is 51.1 Å². The van der Waals surface area contributed by atoms with E-state index in [1.54, 1.807) is 0 Å². The predicted octanol–water partition coefficient (Wildman–Crippen LogP) is 4.55. The van der Waals surface area contributed by atoms with Crippen molar-refractivity contribution >= 4 is 5.57 Å². The fraction of sp³-hybridized carbons (Fsp3) is 0.238. The monoisotopic (exact) mass is 305 g/mol. The first-order valence-electron chi connectivity index (χ1n) is 7.84. The molecule has 0 fully saturated rings. The highest BCUT2D eigenvalue weighted by Crippen LogP contribution is 2.21. The van der Waals surface area contributed by atoms with Crippen LogP contribution in [0.2, 0.25) is 0 Å². The van der Waals surface area contributed by atoms with Crippen molar-refractivity contribution in [3.63, 3.8) is 0 Å². The van der Waals surface area contributed by atoms with Gasteiger partial charge in [0.2, 0.25) is 0 Å². The number of ether oxygens (including phenoxy) is 1. The van der Waals surface area contributed by atoms with Gasteiger partial charge in [-0.2, -0.15) is 0 Å². The number of hydrogen-bond acceptors (Lipinski definition) is 2. The number of rotatable bonds is 6. The highest BCUT2D eigenvalue weighted by Gasteiger charge is 2.04. The Balaban J connectivity index is 2.17. The molecule has 2 rings (SSSR count). The first kappa shape index (κ1) is 16.7. The van der Waals surface area contributed by atoms with Crippen LogP contribution in [0, 0.1) is 19.3 Å². The molecule has 0 unspecified atom stereocenters. The highest BCUT2D eigenvalue weighted by atomic mass is 16.5. The van der Waals surface area contributed by atoms with E-state index in [0.29, 0.717) is 6.61 Å². The summed E-state index contributed by atoms with van der Waals surface area (Å²) in [7, 11) is 0. The molecule has 0 aliphatic heterocycles. The minimum Gasteiger partial charge on any atom is -0.489 e. The van der Waals surface area contributed by atoms with Gasteiger partial charge in [0.1, 0.15) is 12.4 Å². The summed E-state index contributed by atoms with van der Waals surface area (Å²) in [6, 6.07) is 16.3. The van der Waals surface area contributed by atoms with Crippen molar-refractivity contribution in [2.45, 2.75) is 27.4 Å². The van der Waals surface area contributed by atoms with E-state index in [4.69, 9.17) is 11.2 Å². The summed E-state index contributed by atoms with van der Waals surface area (Å²) < 4.78 is 5.92. The quantitative estimate of drug-likeness (QED) is 0.791. The van der Waals surface area contributed by atoms with Gasteiger partial charge in [-0.15, -0.1) is 6.42 Å². The van der Waals surface area contributed by atoms with Gasteiger partial charge in [-0.1, -0.05) is 42.3 Å². The van der Waals surface area contributed by atoms with Crippen LogP contribution in [0.1, 0.15) is 30.5 Å². The Morgan fingerprint density at radius 3 is 2.65 bits per heavy atom. The van der Waals surface area contributed by atoms with Crippen LogP contribution < -0.4 is 10.1 Å². The van der Waals surface area contributed by atoms with Crippen molar-refractivity contribution < 1.29 is 4.74 Å². The first-order chi connectivity index (χ1) is 11.2. The predicted molar refractivity (Wildman–Crippen MR) is 97.1 cm³/mol. The second-order valence-electron chi connectivity index (χ2n) is 5.43. The van der Waals surface area contributed by atoms with E-state index < -0.39 is 0 Å². The van der Waals surface area contributed by atoms with Gasteiger partial charge in [-0.05, 0) is 55.2 Å². The normalized spacial score (nSPS) is 11.4. The lowest BCUT2D eigenvalue weighted by atomic mass is 10.0. The van der Waals surface area contributed by atoms with Crippen LogP contribution in [-0.2, 0) is 6.61 Å². The molecular formula is C21H23NO. The van der Waals surface area contributed by atoms with Crippen LogP contribution in [0.15, 0.2) is 54.2 Å². The van der Waals surface area contributed by atoms with Crippen LogP contribution in [0.4, 0.5) is 0 Å². The van der Waals surface area contributed by atoms with Gasteiger partial charge in [0, 0.05) is 6.54 Å². The topological polar surface area (TPSA) is 21.3 Å². The van der Waals surface area contributed by atoms with Crippen molar-refractivity contribution in [1.82, 2.24) is 5.32 Å². The van der Waals surface area contributed by atoms with Crippen LogP contribution in [-0.4, -0.2) is 6.54 Å². The average Bonchev–Trinajstić information content (AvgIpc) is 2.58. The van der Waals surface area contributed by atoms with Gasteiger partial charge in [-0.25, -0.2) is 0 Å². The van der Waals surface area contributed by atoms with Crippen molar-refractivity contribution in [2.24, 2.45) is 0 Å². The Morgan fingerprint density at radius 1 is 1.17 bits per heavy atom. The first-order valence-corrected chi connectivity index (χ1v) is 7.84. The number of terminal acetylenes is 1. The third-order valence-electron chi connectivity index (χ3n) is 3.72. The van der Waals surface area contributed by atoms with Gasteiger partial charge >= 0.3 is 0 Å². The fourth-order valence-corrected chi connectivity index (χ4v) is 2.39. The van der Waals surface area contributed by atoms with Gasteiger partial charge in [-0.3, -0.25) is 0 Å². The number of aryl methyl sites for hydroxylation is 1. The van der Waals surface area contributed by atoms with Crippen LogP contribution in [0.3, 0.4) is 0 Å². The van der Waals surface area contributed by atoms with Crippen molar-refractivity contribution in [2.75, 3.05) is 6.54 Å². The van der Waals surface area contributed by atoms with Crippen molar-refractivity contribution in [3.05, 3.63) is 70.9 Å². The molecule has 2 nitrogen and oxygen atoms in total. The molecule has 1 N–H and O–H groups in total. The van der Waals surface area contributed by atoms with Crippen LogP contribution in [0.25, 0.3) is 5.57 Å². The van der Waals surface area contributed by atoms with E-state index in [9.17, 15) is 0 Å². The third-order valence-corrected chi connectivity index (χ3v) is 3.72. The molecule has 0 saturated heterocycles. The number of allylic oxidation sites excluding steroid dienone is 2. The van der Waals surface area contributed by atoms with E-state index in [-0.39, 0.29) is 0 Å². The molecule has 0 saturated carbocycles. The summed E-state index contributed by atoms with van der Waals surface area (Å²) in [5.41, 5.74) is 5.29. The van der Waals surface area contributed by atoms with Gasteiger partial charge in [0.05, 0.1) is 5.70 Å². The minimum absolute atomic E-state index is 0.540. The molecular weight excluding hydrogens is 282 g/mol. The van der Waals surface area contributed by atoms with Gasteiger partial charge in [0.15, 0.2) is 0 Å². The number of nitrogens with one attached hydrogen (secondary N) is 1. The fourth-order valence-electron chi connectivity index (χ4n) is 2.39. The maximum Gasteiger partial charge on any atom is 0.122 e. The number of hydrogen-bond donors (Lipinski definition) is 1. The van der Waals surface area contributed by atoms with Gasteiger partial charge in [0.25, 0.3) is 0 Å². The van der Waals surface area contributed by atoms with Crippen LogP contribution in [0.5, 0.6) is 5.75 Å². The summed E-state index contributed by atoms with van der Waals surface area (Å²) in [6.45, 7) is 7.48. The minimum atomic E-state index is 0.540. The molecule has 2 aromatic rings. The number of benzene rings is 2. The molecule has 0 aromatic heterocycles. The van der Waals surface area contributed by atoms with E-state index in [2.05, 4.69) is 29.4 Å². The smallest absolute Gasteiger partial charge is 0.122 e. The Hall–Kier alpha value is -2.66. The second kappa shape index (κ2) is 8.10. The van der Waals surface area contributed by atoms with E-state index in [1.165, 1.54) is 0 Å². The zero-order valence-corrected chi connectivity index (χ0v) is 14.0. The molecule has 0 radical (unpaired) electrons. The summed E-state index contributed by atoms with van der Waals surface area (Å²) in [4.78, 5) is 0.